The Bertz CT molecular complexity index is 873. The molecule has 29 heavy (non-hydrogen) atoms. The molecule has 0 unspecified atom stereocenters. The number of nitrogens with zero attached hydrogens (tertiary/aromatic N) is 2. The Labute approximate surface area is 166 Å². The number of benzene rings is 1. The van der Waals surface area contributed by atoms with Gasteiger partial charge in [-0.25, -0.2) is 4.68 Å². The second-order valence-electron chi connectivity index (χ2n) is 7.61. The van der Waals surface area contributed by atoms with E-state index >= 15 is 0 Å². The van der Waals surface area contributed by atoms with Crippen molar-refractivity contribution in [2.75, 3.05) is 18.5 Å². The lowest BCUT2D eigenvalue weighted by Crippen LogP contribution is -2.36. The predicted molar refractivity (Wildman–Crippen MR) is 101 cm³/mol. The molecule has 3 heterocycles. The predicted octanol–water partition coefficient (Wildman–Crippen LogP) is 3.76. The summed E-state index contributed by atoms with van der Waals surface area (Å²) < 4.78 is 47.5. The highest BCUT2D eigenvalue weighted by molar-refractivity contribution is 5.93. The fourth-order valence-corrected chi connectivity index (χ4v) is 3.80. The molecule has 0 bridgehead atoms. The number of alkyl halides is 3. The molecule has 1 amide bonds. The summed E-state index contributed by atoms with van der Waals surface area (Å²) in [7, 11) is 0. The van der Waals surface area contributed by atoms with Gasteiger partial charge >= 0.3 is 6.18 Å². The zero-order valence-electron chi connectivity index (χ0n) is 16.0. The number of ether oxygens (including phenoxy) is 1. The lowest BCUT2D eigenvalue weighted by atomic mass is 9.96. The van der Waals surface area contributed by atoms with E-state index in [1.54, 1.807) is 0 Å². The molecule has 0 radical (unpaired) electrons. The second kappa shape index (κ2) is 7.70. The number of fused-ring (bicyclic) bond motifs is 1. The third-order valence-corrected chi connectivity index (χ3v) is 5.42. The average Bonchev–Trinajstić information content (AvgIpc) is 3.34. The number of amides is 1. The maximum atomic E-state index is 13.7. The van der Waals surface area contributed by atoms with Crippen LogP contribution in [0.15, 0.2) is 30.3 Å². The van der Waals surface area contributed by atoms with Crippen molar-refractivity contribution in [1.82, 2.24) is 15.1 Å². The summed E-state index contributed by atoms with van der Waals surface area (Å²) in [6.45, 7) is 2.91. The minimum Gasteiger partial charge on any atom is -0.376 e. The first kappa shape index (κ1) is 19.8. The van der Waals surface area contributed by atoms with Gasteiger partial charge in [0.05, 0.1) is 12.1 Å². The highest BCUT2D eigenvalue weighted by atomic mass is 19.4. The SMILES string of the molecule is Cc1ccc([C@@H]2C[C@H](C(F)(F)F)n3nc(C(=O)NC[C@H]4CCCO4)cc3N2)cc1. The normalized spacial score (nSPS) is 24.1. The molecule has 2 aliphatic rings. The van der Waals surface area contributed by atoms with Crippen molar-refractivity contribution in [2.45, 2.75) is 50.6 Å². The fraction of sp³-hybridized carbons (Fsp3) is 0.500. The molecule has 6 nitrogen and oxygen atoms in total. The van der Waals surface area contributed by atoms with Crippen molar-refractivity contribution >= 4 is 11.7 Å². The first-order chi connectivity index (χ1) is 13.8. The van der Waals surface area contributed by atoms with Crippen LogP contribution in [0.25, 0.3) is 0 Å². The van der Waals surface area contributed by atoms with Crippen LogP contribution in [0.4, 0.5) is 19.0 Å². The first-order valence-corrected chi connectivity index (χ1v) is 9.70. The summed E-state index contributed by atoms with van der Waals surface area (Å²) in [6.07, 6.45) is -2.93. The molecule has 4 rings (SSSR count). The van der Waals surface area contributed by atoms with E-state index < -0.39 is 24.2 Å². The van der Waals surface area contributed by atoms with E-state index in [0.717, 1.165) is 28.7 Å². The van der Waals surface area contributed by atoms with E-state index in [-0.39, 0.29) is 24.0 Å². The van der Waals surface area contributed by atoms with Gasteiger partial charge in [0.1, 0.15) is 5.82 Å². The highest BCUT2D eigenvalue weighted by Crippen LogP contribution is 2.43. The molecular formula is C20H23F3N4O2. The molecule has 1 aromatic carbocycles. The third kappa shape index (κ3) is 4.24. The van der Waals surface area contributed by atoms with E-state index in [2.05, 4.69) is 15.7 Å². The molecule has 0 aliphatic carbocycles. The maximum Gasteiger partial charge on any atom is 0.410 e. The maximum absolute atomic E-state index is 13.7. The molecule has 0 saturated carbocycles. The molecule has 1 saturated heterocycles. The number of rotatable bonds is 4. The van der Waals surface area contributed by atoms with E-state index in [4.69, 9.17) is 4.74 Å². The topological polar surface area (TPSA) is 68.2 Å². The second-order valence-corrected chi connectivity index (χ2v) is 7.61. The third-order valence-electron chi connectivity index (χ3n) is 5.42. The van der Waals surface area contributed by atoms with Crippen molar-refractivity contribution in [1.29, 1.82) is 0 Å². The molecule has 1 fully saturated rings. The average molecular weight is 408 g/mol. The molecule has 1 aromatic heterocycles. The van der Waals surface area contributed by atoms with Crippen molar-refractivity contribution in [3.05, 3.63) is 47.2 Å². The van der Waals surface area contributed by atoms with Gasteiger partial charge < -0.3 is 15.4 Å². The molecule has 2 aliphatic heterocycles. The van der Waals surface area contributed by atoms with Gasteiger partial charge in [-0.3, -0.25) is 4.79 Å². The Balaban J connectivity index is 1.56. The summed E-state index contributed by atoms with van der Waals surface area (Å²) in [4.78, 5) is 12.4. The summed E-state index contributed by atoms with van der Waals surface area (Å²) in [5, 5.41) is 9.77. The standard InChI is InChI=1S/C20H23F3N4O2/c1-12-4-6-13(7-5-12)15-9-17(20(21,22)23)27-18(25-15)10-16(26-27)19(28)24-11-14-3-2-8-29-14/h4-7,10,14-15,17,25H,2-3,8-9,11H2,1H3,(H,24,28)/t14-,15+,17-/m1/s1. The molecule has 156 valence electrons. The molecule has 2 N–H and O–H groups in total. The Morgan fingerprint density at radius 2 is 2.10 bits per heavy atom. The van der Waals surface area contributed by atoms with Crippen LogP contribution in [0.3, 0.4) is 0 Å². The number of halogens is 3. The fourth-order valence-electron chi connectivity index (χ4n) is 3.80. The molecule has 9 heteroatoms. The zero-order chi connectivity index (χ0) is 20.6. The number of hydrogen-bond donors (Lipinski definition) is 2. The summed E-state index contributed by atoms with van der Waals surface area (Å²) in [6, 6.07) is 6.44. The minimum atomic E-state index is -4.47. The lowest BCUT2D eigenvalue weighted by Gasteiger charge is -2.33. The smallest absolute Gasteiger partial charge is 0.376 e. The molecule has 2 aromatic rings. The van der Waals surface area contributed by atoms with Crippen LogP contribution in [0.5, 0.6) is 0 Å². The number of anilines is 1. The number of carbonyl (C=O) groups excluding carboxylic acids is 1. The Hall–Kier alpha value is -2.55. The van der Waals surface area contributed by atoms with Crippen LogP contribution < -0.4 is 10.6 Å². The van der Waals surface area contributed by atoms with Crippen molar-refractivity contribution in [3.8, 4) is 0 Å². The number of hydrogen-bond acceptors (Lipinski definition) is 4. The van der Waals surface area contributed by atoms with Crippen LogP contribution in [0, 0.1) is 6.92 Å². The van der Waals surface area contributed by atoms with Crippen LogP contribution in [0.1, 0.15) is 53.0 Å². The largest absolute Gasteiger partial charge is 0.410 e. The van der Waals surface area contributed by atoms with Gasteiger partial charge in [0, 0.05) is 25.6 Å². The summed E-state index contributed by atoms with van der Waals surface area (Å²) >= 11 is 0. The van der Waals surface area contributed by atoms with E-state index in [0.29, 0.717) is 13.2 Å². The summed E-state index contributed by atoms with van der Waals surface area (Å²) in [5.74, 6) is -0.316. The van der Waals surface area contributed by atoms with Crippen LogP contribution >= 0.6 is 0 Å². The number of aryl methyl sites for hydroxylation is 1. The van der Waals surface area contributed by atoms with Crippen LogP contribution in [-0.2, 0) is 4.74 Å². The van der Waals surface area contributed by atoms with Crippen LogP contribution in [-0.4, -0.2) is 41.1 Å². The molecular weight excluding hydrogens is 385 g/mol. The minimum absolute atomic E-state index is 0.0377. The van der Waals surface area contributed by atoms with Gasteiger partial charge in [0.15, 0.2) is 11.7 Å². The van der Waals surface area contributed by atoms with Gasteiger partial charge in [-0.2, -0.15) is 18.3 Å². The Morgan fingerprint density at radius 3 is 2.76 bits per heavy atom. The van der Waals surface area contributed by atoms with Crippen molar-refractivity contribution < 1.29 is 22.7 Å². The molecule has 3 atom stereocenters. The first-order valence-electron chi connectivity index (χ1n) is 9.70. The number of carbonyl (C=O) groups is 1. The quantitative estimate of drug-likeness (QED) is 0.808. The van der Waals surface area contributed by atoms with Gasteiger partial charge in [0.25, 0.3) is 5.91 Å². The zero-order valence-corrected chi connectivity index (χ0v) is 16.0. The van der Waals surface area contributed by atoms with Gasteiger partial charge in [-0.15, -0.1) is 0 Å². The van der Waals surface area contributed by atoms with Crippen molar-refractivity contribution in [3.63, 3.8) is 0 Å². The highest BCUT2D eigenvalue weighted by Gasteiger charge is 2.46. The number of aromatic nitrogens is 2. The Morgan fingerprint density at radius 1 is 1.34 bits per heavy atom. The monoisotopic (exact) mass is 408 g/mol. The van der Waals surface area contributed by atoms with E-state index in [1.807, 2.05) is 31.2 Å². The van der Waals surface area contributed by atoms with Crippen molar-refractivity contribution in [2.24, 2.45) is 0 Å². The van der Waals surface area contributed by atoms with Gasteiger partial charge in [-0.1, -0.05) is 29.8 Å². The molecule has 0 spiro atoms. The van der Waals surface area contributed by atoms with Gasteiger partial charge in [-0.05, 0) is 25.3 Å². The van der Waals surface area contributed by atoms with Crippen LogP contribution in [0.2, 0.25) is 0 Å². The van der Waals surface area contributed by atoms with Gasteiger partial charge in [0.2, 0.25) is 0 Å². The number of nitrogens with one attached hydrogen (secondary N) is 2. The van der Waals surface area contributed by atoms with E-state index in [9.17, 15) is 18.0 Å². The van der Waals surface area contributed by atoms with E-state index in [1.165, 1.54) is 6.07 Å². The Kier molecular flexibility index (Phi) is 5.24. The summed E-state index contributed by atoms with van der Waals surface area (Å²) in [5.41, 5.74) is 1.76. The lowest BCUT2D eigenvalue weighted by molar-refractivity contribution is -0.173.